The first-order valence-corrected chi connectivity index (χ1v) is 16.3. The third-order valence-corrected chi connectivity index (χ3v) is 9.30. The average Bonchev–Trinajstić information content (AvgIpc) is 3.02. The van der Waals surface area contributed by atoms with Gasteiger partial charge in [0.25, 0.3) is 10.0 Å². The molecule has 0 fully saturated rings. The molecule has 4 rings (SSSR count). The molecule has 0 aliphatic rings. The van der Waals surface area contributed by atoms with Gasteiger partial charge < -0.3 is 15.2 Å². The van der Waals surface area contributed by atoms with Crippen molar-refractivity contribution in [2.45, 2.75) is 63.1 Å². The van der Waals surface area contributed by atoms with Crippen molar-refractivity contribution >= 4 is 15.7 Å². The topological polar surface area (TPSA) is 103 Å². The second-order valence-electron chi connectivity index (χ2n) is 11.7. The quantitative estimate of drug-likeness (QED) is 0.161. The number of aliphatic hydroxyl groups excluding tert-OH is 1. The van der Waals surface area contributed by atoms with Gasteiger partial charge in [0.2, 0.25) is 0 Å². The lowest BCUT2D eigenvalue weighted by Gasteiger charge is -2.28. The van der Waals surface area contributed by atoms with E-state index >= 15 is 0 Å². The summed E-state index contributed by atoms with van der Waals surface area (Å²) in [5.41, 5.74) is 3.43. The fourth-order valence-corrected chi connectivity index (χ4v) is 6.34. The molecule has 0 aromatic heterocycles. The van der Waals surface area contributed by atoms with Gasteiger partial charge in [-0.15, -0.1) is 0 Å². The monoisotopic (exact) mass is 611 g/mol. The second kappa shape index (κ2) is 15.0. The Morgan fingerprint density at radius 1 is 0.932 bits per heavy atom. The molecule has 1 atom stereocenters. The van der Waals surface area contributed by atoms with Crippen LogP contribution in [0.15, 0.2) is 108 Å². The molecule has 0 radical (unpaired) electrons. The Morgan fingerprint density at radius 2 is 1.57 bits per heavy atom. The molecular formula is C36H41N3O4S. The molecule has 230 valence electrons. The highest BCUT2D eigenvalue weighted by molar-refractivity contribution is 7.92. The zero-order chi connectivity index (χ0) is 31.6. The van der Waals surface area contributed by atoms with E-state index in [0.29, 0.717) is 12.2 Å². The first-order chi connectivity index (χ1) is 21.1. The Bertz CT molecular complexity index is 1630. The lowest BCUT2D eigenvalue weighted by molar-refractivity contribution is 0.0978. The van der Waals surface area contributed by atoms with E-state index in [4.69, 9.17) is 4.74 Å². The van der Waals surface area contributed by atoms with E-state index in [2.05, 4.69) is 49.5 Å². The number of sulfonamides is 1. The van der Waals surface area contributed by atoms with E-state index in [1.807, 2.05) is 43.3 Å². The molecule has 0 unspecified atom stereocenters. The van der Waals surface area contributed by atoms with Crippen molar-refractivity contribution in [3.8, 4) is 11.8 Å². The first-order valence-electron chi connectivity index (χ1n) is 14.8. The van der Waals surface area contributed by atoms with Crippen LogP contribution in [-0.4, -0.2) is 38.3 Å². The predicted molar refractivity (Wildman–Crippen MR) is 175 cm³/mol. The van der Waals surface area contributed by atoms with E-state index in [9.17, 15) is 18.8 Å². The zero-order valence-electron chi connectivity index (χ0n) is 25.6. The number of nitriles is 1. The lowest BCUT2D eigenvalue weighted by Crippen LogP contribution is -2.44. The molecule has 0 aliphatic heterocycles. The van der Waals surface area contributed by atoms with Crippen LogP contribution in [0.25, 0.3) is 0 Å². The Hall–Kier alpha value is -4.16. The van der Waals surface area contributed by atoms with Gasteiger partial charge in [0.1, 0.15) is 24.5 Å². The molecular weight excluding hydrogens is 570 g/mol. The number of hydrogen-bond acceptors (Lipinski definition) is 6. The molecule has 0 saturated heterocycles. The van der Waals surface area contributed by atoms with E-state index < -0.39 is 16.1 Å². The van der Waals surface area contributed by atoms with Gasteiger partial charge in [-0.25, -0.2) is 8.42 Å². The average molecular weight is 612 g/mol. The Kier molecular flexibility index (Phi) is 11.2. The van der Waals surface area contributed by atoms with Crippen LogP contribution < -0.4 is 14.4 Å². The van der Waals surface area contributed by atoms with Crippen molar-refractivity contribution < 1.29 is 18.3 Å². The summed E-state index contributed by atoms with van der Waals surface area (Å²) in [6, 6.07) is 33.3. The number of benzene rings is 4. The standard InChI is InChI=1S/C36H41N3O4S/c1-28-16-19-34(20-17-28)44(41,42)39(26-30-13-8-5-9-14-30)32-18-21-35(31(23-32)24-37)43-27-33(40)25-38-36(2,3)22-10-15-29-11-6-4-7-12-29/h4-9,11-14,16-21,23,33,38,40H,10,15,22,25-27H2,1-3H3/t33-/m1/s1. The summed E-state index contributed by atoms with van der Waals surface area (Å²) < 4.78 is 34.8. The number of ether oxygens (including phenoxy) is 1. The number of aryl methyl sites for hydroxylation is 2. The maximum Gasteiger partial charge on any atom is 0.264 e. The molecule has 0 bridgehead atoms. The highest BCUT2D eigenvalue weighted by Crippen LogP contribution is 2.30. The van der Waals surface area contributed by atoms with Gasteiger partial charge >= 0.3 is 0 Å². The van der Waals surface area contributed by atoms with Gasteiger partial charge in [-0.2, -0.15) is 5.26 Å². The first kappa shape index (κ1) is 32.7. The summed E-state index contributed by atoms with van der Waals surface area (Å²) in [5, 5.41) is 24.0. The van der Waals surface area contributed by atoms with Gasteiger partial charge in [0.05, 0.1) is 22.7 Å². The largest absolute Gasteiger partial charge is 0.489 e. The number of aliphatic hydroxyl groups is 1. The van der Waals surface area contributed by atoms with Crippen LogP contribution in [0.3, 0.4) is 0 Å². The molecule has 4 aromatic rings. The van der Waals surface area contributed by atoms with E-state index in [1.165, 1.54) is 15.9 Å². The summed E-state index contributed by atoms with van der Waals surface area (Å²) in [7, 11) is -3.94. The smallest absolute Gasteiger partial charge is 0.264 e. The van der Waals surface area contributed by atoms with Crippen molar-refractivity contribution in [2.24, 2.45) is 0 Å². The van der Waals surface area contributed by atoms with Crippen LogP contribution in [0.5, 0.6) is 5.75 Å². The van der Waals surface area contributed by atoms with Crippen molar-refractivity contribution in [2.75, 3.05) is 17.5 Å². The van der Waals surface area contributed by atoms with Crippen LogP contribution in [0.4, 0.5) is 5.69 Å². The second-order valence-corrected chi connectivity index (χ2v) is 13.5. The Morgan fingerprint density at radius 3 is 2.20 bits per heavy atom. The van der Waals surface area contributed by atoms with Crippen molar-refractivity contribution in [3.05, 3.63) is 125 Å². The Labute approximate surface area is 261 Å². The minimum Gasteiger partial charge on any atom is -0.489 e. The number of nitrogens with zero attached hydrogens (tertiary/aromatic N) is 2. The highest BCUT2D eigenvalue weighted by atomic mass is 32.2. The molecule has 4 aromatic carbocycles. The molecule has 2 N–H and O–H groups in total. The molecule has 0 saturated carbocycles. The van der Waals surface area contributed by atoms with E-state index in [1.54, 1.807) is 36.4 Å². The minimum absolute atomic E-state index is 0.0173. The number of rotatable bonds is 15. The van der Waals surface area contributed by atoms with E-state index in [0.717, 1.165) is 30.4 Å². The number of anilines is 1. The van der Waals surface area contributed by atoms with Gasteiger partial charge in [-0.3, -0.25) is 4.31 Å². The normalized spacial score (nSPS) is 12.3. The number of hydrogen-bond donors (Lipinski definition) is 2. The van der Waals surface area contributed by atoms with Crippen molar-refractivity contribution in [1.29, 1.82) is 5.26 Å². The van der Waals surface area contributed by atoms with E-state index in [-0.39, 0.29) is 34.9 Å². The summed E-state index contributed by atoms with van der Waals surface area (Å²) >= 11 is 0. The SMILES string of the molecule is Cc1ccc(S(=O)(=O)N(Cc2ccccc2)c2ccc(OC[C@H](O)CNC(C)(C)CCCc3ccccc3)c(C#N)c2)cc1. The summed E-state index contributed by atoms with van der Waals surface area (Å²) in [4.78, 5) is 0.163. The maximum absolute atomic E-state index is 13.8. The Balaban J connectivity index is 1.42. The fraction of sp³-hybridized carbons (Fsp3) is 0.306. The molecule has 0 aliphatic carbocycles. The van der Waals surface area contributed by atoms with Gasteiger partial charge in [0, 0.05) is 12.1 Å². The third-order valence-electron chi connectivity index (χ3n) is 7.51. The van der Waals surface area contributed by atoms with Crippen molar-refractivity contribution in [3.63, 3.8) is 0 Å². The van der Waals surface area contributed by atoms with Crippen LogP contribution >= 0.6 is 0 Å². The van der Waals surface area contributed by atoms with Crippen LogP contribution in [0.2, 0.25) is 0 Å². The molecule has 44 heavy (non-hydrogen) atoms. The summed E-state index contributed by atoms with van der Waals surface area (Å²) in [6.07, 6.45) is 2.17. The van der Waals surface area contributed by atoms with Gasteiger partial charge in [-0.1, -0.05) is 78.4 Å². The lowest BCUT2D eigenvalue weighted by atomic mass is 9.95. The number of β-amino-alcohol motifs (C(OH)–C–C–N with tert-alkyl or cyclic N) is 1. The molecule has 8 heteroatoms. The van der Waals surface area contributed by atoms with Gasteiger partial charge in [-0.05, 0) is 81.5 Å². The van der Waals surface area contributed by atoms with Crippen LogP contribution in [0.1, 0.15) is 48.9 Å². The molecule has 0 spiro atoms. The number of nitrogens with one attached hydrogen (secondary N) is 1. The maximum atomic E-state index is 13.8. The van der Waals surface area contributed by atoms with Gasteiger partial charge in [0.15, 0.2) is 0 Å². The van der Waals surface area contributed by atoms with Crippen molar-refractivity contribution in [1.82, 2.24) is 5.32 Å². The summed E-state index contributed by atoms with van der Waals surface area (Å²) in [5.74, 6) is 0.282. The highest BCUT2D eigenvalue weighted by Gasteiger charge is 2.26. The van der Waals surface area contributed by atoms with Crippen LogP contribution in [-0.2, 0) is 23.0 Å². The fourth-order valence-electron chi connectivity index (χ4n) is 4.89. The molecule has 0 amide bonds. The molecule has 0 heterocycles. The zero-order valence-corrected chi connectivity index (χ0v) is 26.4. The third kappa shape index (κ3) is 9.17. The minimum atomic E-state index is -3.94. The van der Waals surface area contributed by atoms with Crippen LogP contribution in [0, 0.1) is 18.3 Å². The summed E-state index contributed by atoms with van der Waals surface area (Å²) in [6.45, 7) is 6.53. The molecule has 7 nitrogen and oxygen atoms in total. The predicted octanol–water partition coefficient (Wildman–Crippen LogP) is 6.39.